The number of carbonyl (C=O) groups is 1. The molecular formula is C18H21NO3. The van der Waals surface area contributed by atoms with Crippen LogP contribution in [0.25, 0.3) is 0 Å². The van der Waals surface area contributed by atoms with Crippen molar-refractivity contribution in [2.75, 3.05) is 19.5 Å². The molecule has 22 heavy (non-hydrogen) atoms. The van der Waals surface area contributed by atoms with Crippen LogP contribution < -0.4 is 14.8 Å². The van der Waals surface area contributed by atoms with Gasteiger partial charge in [-0.3, -0.25) is 4.79 Å². The lowest BCUT2D eigenvalue weighted by Crippen LogP contribution is -1.96. The fourth-order valence-electron chi connectivity index (χ4n) is 2.42. The molecule has 1 amide bonds. The summed E-state index contributed by atoms with van der Waals surface area (Å²) in [6.45, 7) is 0. The number of ether oxygens (including phenoxy) is 2. The molecular weight excluding hydrogens is 278 g/mol. The molecule has 1 N–H and O–H groups in total. The van der Waals surface area contributed by atoms with Crippen LogP contribution >= 0.6 is 0 Å². The van der Waals surface area contributed by atoms with Crippen molar-refractivity contribution < 1.29 is 14.3 Å². The van der Waals surface area contributed by atoms with E-state index in [4.69, 9.17) is 9.47 Å². The summed E-state index contributed by atoms with van der Waals surface area (Å²) in [5, 5.41) is 2.67. The summed E-state index contributed by atoms with van der Waals surface area (Å²) in [5.41, 5.74) is 3.27. The molecule has 0 saturated carbocycles. The van der Waals surface area contributed by atoms with E-state index in [1.54, 1.807) is 14.2 Å². The Labute approximate surface area is 131 Å². The summed E-state index contributed by atoms with van der Waals surface area (Å²) in [6.07, 6.45) is 3.65. The molecule has 0 atom stereocenters. The number of nitrogens with one attached hydrogen (secondary N) is 1. The highest BCUT2D eigenvalue weighted by Gasteiger charge is 2.04. The Morgan fingerprint density at radius 1 is 0.955 bits per heavy atom. The van der Waals surface area contributed by atoms with Gasteiger partial charge in [0.1, 0.15) is 0 Å². The molecule has 116 valence electrons. The van der Waals surface area contributed by atoms with Crippen LogP contribution in [0.4, 0.5) is 5.69 Å². The number of methoxy groups -OCH3 is 2. The summed E-state index contributed by atoms with van der Waals surface area (Å²) in [6, 6.07) is 13.9. The molecule has 4 nitrogen and oxygen atoms in total. The Balaban J connectivity index is 1.93. The lowest BCUT2D eigenvalue weighted by molar-refractivity contribution is -0.105. The maximum atomic E-state index is 10.5. The van der Waals surface area contributed by atoms with E-state index in [9.17, 15) is 4.79 Å². The van der Waals surface area contributed by atoms with Crippen molar-refractivity contribution in [1.82, 2.24) is 0 Å². The maximum Gasteiger partial charge on any atom is 0.211 e. The van der Waals surface area contributed by atoms with E-state index in [0.29, 0.717) is 6.41 Å². The van der Waals surface area contributed by atoms with Crippen LogP contribution in [0.2, 0.25) is 0 Å². The molecule has 0 saturated heterocycles. The van der Waals surface area contributed by atoms with Crippen LogP contribution in [0.5, 0.6) is 11.5 Å². The zero-order valence-corrected chi connectivity index (χ0v) is 13.0. The van der Waals surface area contributed by atoms with Gasteiger partial charge in [0.15, 0.2) is 11.5 Å². The van der Waals surface area contributed by atoms with Gasteiger partial charge in [0, 0.05) is 5.69 Å². The minimum Gasteiger partial charge on any atom is -0.493 e. The molecule has 0 unspecified atom stereocenters. The summed E-state index contributed by atoms with van der Waals surface area (Å²) >= 11 is 0. The monoisotopic (exact) mass is 299 g/mol. The molecule has 2 rings (SSSR count). The molecule has 0 aromatic heterocycles. The van der Waals surface area contributed by atoms with Crippen LogP contribution in [-0.2, 0) is 17.6 Å². The number of carbonyl (C=O) groups excluding carboxylic acids is 1. The Morgan fingerprint density at radius 3 is 2.36 bits per heavy atom. The summed E-state index contributed by atoms with van der Waals surface area (Å²) in [7, 11) is 3.28. The average molecular weight is 299 g/mol. The van der Waals surface area contributed by atoms with Crippen LogP contribution in [0.3, 0.4) is 0 Å². The van der Waals surface area contributed by atoms with Gasteiger partial charge in [0.25, 0.3) is 0 Å². The SMILES string of the molecule is COc1ccc(CCCc2cccc(NC=O)c2)cc1OC. The van der Waals surface area contributed by atoms with Crippen LogP contribution in [-0.4, -0.2) is 20.6 Å². The third-order valence-corrected chi connectivity index (χ3v) is 3.53. The third-order valence-electron chi connectivity index (χ3n) is 3.53. The molecule has 0 spiro atoms. The fraction of sp³-hybridized carbons (Fsp3) is 0.278. The molecule has 0 fully saturated rings. The Morgan fingerprint density at radius 2 is 1.68 bits per heavy atom. The number of amides is 1. The second-order valence-corrected chi connectivity index (χ2v) is 5.01. The minimum absolute atomic E-state index is 0.697. The lowest BCUT2D eigenvalue weighted by atomic mass is 10.0. The average Bonchev–Trinajstić information content (AvgIpc) is 2.55. The molecule has 0 aliphatic rings. The number of anilines is 1. The lowest BCUT2D eigenvalue weighted by Gasteiger charge is -2.09. The molecule has 4 heteroatoms. The Bertz CT molecular complexity index is 625. The van der Waals surface area contributed by atoms with Gasteiger partial charge in [-0.2, -0.15) is 0 Å². The van der Waals surface area contributed by atoms with E-state index < -0.39 is 0 Å². The Hall–Kier alpha value is -2.49. The maximum absolute atomic E-state index is 10.5. The van der Waals surface area contributed by atoms with E-state index in [1.165, 1.54) is 11.1 Å². The molecule has 2 aromatic rings. The predicted octanol–water partition coefficient (Wildman–Crippen LogP) is 3.45. The van der Waals surface area contributed by atoms with Gasteiger partial charge in [0.05, 0.1) is 14.2 Å². The summed E-state index contributed by atoms with van der Waals surface area (Å²) in [4.78, 5) is 10.5. The van der Waals surface area contributed by atoms with Crippen LogP contribution in [0, 0.1) is 0 Å². The quantitative estimate of drug-likeness (QED) is 0.759. The van der Waals surface area contributed by atoms with Gasteiger partial charge in [-0.25, -0.2) is 0 Å². The first-order valence-corrected chi connectivity index (χ1v) is 7.27. The van der Waals surface area contributed by atoms with E-state index in [0.717, 1.165) is 36.4 Å². The Kier molecular flexibility index (Phi) is 5.83. The molecule has 0 bridgehead atoms. The number of hydrogen-bond acceptors (Lipinski definition) is 3. The smallest absolute Gasteiger partial charge is 0.211 e. The first-order valence-electron chi connectivity index (χ1n) is 7.27. The van der Waals surface area contributed by atoms with Gasteiger partial charge >= 0.3 is 0 Å². The number of aryl methyl sites for hydroxylation is 2. The first-order chi connectivity index (χ1) is 10.8. The van der Waals surface area contributed by atoms with Crippen molar-refractivity contribution in [1.29, 1.82) is 0 Å². The molecule has 2 aromatic carbocycles. The highest BCUT2D eigenvalue weighted by atomic mass is 16.5. The predicted molar refractivity (Wildman–Crippen MR) is 87.7 cm³/mol. The number of rotatable bonds is 8. The topological polar surface area (TPSA) is 47.6 Å². The van der Waals surface area contributed by atoms with E-state index >= 15 is 0 Å². The minimum atomic E-state index is 0.697. The third kappa shape index (κ3) is 4.25. The van der Waals surface area contributed by atoms with Crippen molar-refractivity contribution >= 4 is 12.1 Å². The molecule has 0 radical (unpaired) electrons. The van der Waals surface area contributed by atoms with Gasteiger partial charge < -0.3 is 14.8 Å². The van der Waals surface area contributed by atoms with Crippen molar-refractivity contribution in [3.05, 3.63) is 53.6 Å². The molecule has 0 heterocycles. The highest BCUT2D eigenvalue weighted by molar-refractivity contribution is 5.71. The van der Waals surface area contributed by atoms with Gasteiger partial charge in [0.2, 0.25) is 6.41 Å². The van der Waals surface area contributed by atoms with Gasteiger partial charge in [-0.15, -0.1) is 0 Å². The zero-order chi connectivity index (χ0) is 15.8. The second-order valence-electron chi connectivity index (χ2n) is 5.01. The zero-order valence-electron chi connectivity index (χ0n) is 13.0. The van der Waals surface area contributed by atoms with E-state index in [1.807, 2.05) is 30.3 Å². The summed E-state index contributed by atoms with van der Waals surface area (Å²) in [5.74, 6) is 1.51. The standard InChI is InChI=1S/C18H21NO3/c1-21-17-10-9-15(12-18(17)22-2)6-3-5-14-7-4-8-16(11-14)19-13-20/h4,7-13H,3,5-6H2,1-2H3,(H,19,20). The largest absolute Gasteiger partial charge is 0.493 e. The number of benzene rings is 2. The first kappa shape index (κ1) is 15.9. The van der Waals surface area contributed by atoms with Gasteiger partial charge in [-0.1, -0.05) is 18.2 Å². The van der Waals surface area contributed by atoms with Crippen molar-refractivity contribution in [2.45, 2.75) is 19.3 Å². The van der Waals surface area contributed by atoms with E-state index in [2.05, 4.69) is 17.4 Å². The van der Waals surface area contributed by atoms with Crippen molar-refractivity contribution in [2.24, 2.45) is 0 Å². The van der Waals surface area contributed by atoms with Crippen LogP contribution in [0.1, 0.15) is 17.5 Å². The molecule has 0 aliphatic heterocycles. The summed E-state index contributed by atoms with van der Waals surface area (Å²) < 4.78 is 10.6. The van der Waals surface area contributed by atoms with Gasteiger partial charge in [-0.05, 0) is 54.7 Å². The van der Waals surface area contributed by atoms with E-state index in [-0.39, 0.29) is 0 Å². The second kappa shape index (κ2) is 8.08. The number of hydrogen-bond donors (Lipinski definition) is 1. The highest BCUT2D eigenvalue weighted by Crippen LogP contribution is 2.28. The fourth-order valence-corrected chi connectivity index (χ4v) is 2.42. The van der Waals surface area contributed by atoms with Crippen molar-refractivity contribution in [3.8, 4) is 11.5 Å². The normalized spacial score (nSPS) is 10.1. The van der Waals surface area contributed by atoms with Crippen molar-refractivity contribution in [3.63, 3.8) is 0 Å². The van der Waals surface area contributed by atoms with Crippen LogP contribution in [0.15, 0.2) is 42.5 Å². The molecule has 0 aliphatic carbocycles.